The third-order valence-corrected chi connectivity index (χ3v) is 16.8. The Bertz CT molecular complexity index is 4060. The summed E-state index contributed by atoms with van der Waals surface area (Å²) in [7, 11) is 0. The Morgan fingerprint density at radius 3 is 2.00 bits per heavy atom. The van der Waals surface area contributed by atoms with Gasteiger partial charge >= 0.3 is 0 Å². The molecule has 10 aromatic rings. The number of amidine groups is 2. The molecule has 0 amide bonds. The Balaban J connectivity index is 0.930. The van der Waals surface area contributed by atoms with Crippen LogP contribution in [0.2, 0.25) is 0 Å². The van der Waals surface area contributed by atoms with Gasteiger partial charge in [0.05, 0.1) is 22.9 Å². The Morgan fingerprint density at radius 2 is 1.13 bits per heavy atom. The standard InChI is InChI=1S/C66H44N4S/c1-40-61(52-28-17-31-55-60(52)51-24-7-10-29-53(51)66(55)54-30-11-13-34-58(54)70-57-33-12-8-21-46(57)48-26-16-32-56(66)62(48)70)68-65(50-23-6-5-20-44(50)41-18-3-2-4-19-41)69-64(67-40)43-38-36-42(37-39-43)45-25-15-27-49-47-22-9-14-35-59(47)71-63(45)49/h2-25,27-40,48H,26H2,1H3/t40-,48?,66?/m0/s1. The molecule has 5 aliphatic rings. The van der Waals surface area contributed by atoms with Crippen LogP contribution in [0.4, 0.5) is 11.4 Å². The molecule has 2 unspecified atom stereocenters. The van der Waals surface area contributed by atoms with Crippen molar-refractivity contribution >= 4 is 60.3 Å². The molecule has 0 saturated carbocycles. The molecular formula is C66H44N4S. The Labute approximate surface area is 416 Å². The van der Waals surface area contributed by atoms with Crippen molar-refractivity contribution < 1.29 is 0 Å². The van der Waals surface area contributed by atoms with Gasteiger partial charge in [-0.15, -0.1) is 11.3 Å². The average molecular weight is 925 g/mol. The van der Waals surface area contributed by atoms with Gasteiger partial charge in [-0.3, -0.25) is 4.99 Å². The first kappa shape index (κ1) is 40.4. The van der Waals surface area contributed by atoms with Gasteiger partial charge in [-0.25, -0.2) is 9.98 Å². The maximum absolute atomic E-state index is 5.77. The topological polar surface area (TPSA) is 40.3 Å². The van der Waals surface area contributed by atoms with Crippen molar-refractivity contribution in [3.8, 4) is 33.4 Å². The Hall–Kier alpha value is -8.51. The molecule has 0 bridgehead atoms. The molecule has 1 spiro atoms. The summed E-state index contributed by atoms with van der Waals surface area (Å²) in [5, 5.41) is 2.60. The number of hydrogen-bond donors (Lipinski definition) is 0. The smallest absolute Gasteiger partial charge is 0.162 e. The summed E-state index contributed by atoms with van der Waals surface area (Å²) in [6, 6.07) is 77.2. The van der Waals surface area contributed by atoms with Gasteiger partial charge in [0.1, 0.15) is 0 Å². The molecule has 71 heavy (non-hydrogen) atoms. The minimum atomic E-state index is -0.552. The number of para-hydroxylation sites is 2. The van der Waals surface area contributed by atoms with E-state index in [1.54, 1.807) is 0 Å². The van der Waals surface area contributed by atoms with E-state index in [9.17, 15) is 0 Å². The largest absolute Gasteiger partial charge is 0.313 e. The van der Waals surface area contributed by atoms with Crippen LogP contribution in [0.5, 0.6) is 0 Å². The molecule has 1 aromatic heterocycles. The second kappa shape index (κ2) is 15.5. The first-order chi connectivity index (χ1) is 35.1. The number of aliphatic imine (C=N–C) groups is 3. The summed E-state index contributed by atoms with van der Waals surface area (Å²) in [5.41, 5.74) is 20.9. The highest BCUT2D eigenvalue weighted by atomic mass is 32.1. The molecule has 9 aromatic carbocycles. The maximum Gasteiger partial charge on any atom is 0.162 e. The van der Waals surface area contributed by atoms with Crippen molar-refractivity contribution in [1.82, 2.24) is 0 Å². The zero-order chi connectivity index (χ0) is 46.8. The third-order valence-electron chi connectivity index (χ3n) is 15.6. The second-order valence-electron chi connectivity index (χ2n) is 19.3. The zero-order valence-corrected chi connectivity index (χ0v) is 39.7. The van der Waals surface area contributed by atoms with Crippen LogP contribution in [0.15, 0.2) is 251 Å². The lowest BCUT2D eigenvalue weighted by Gasteiger charge is -2.45. The van der Waals surface area contributed by atoms with Gasteiger partial charge in [-0.2, -0.15) is 0 Å². The monoisotopic (exact) mass is 924 g/mol. The summed E-state index contributed by atoms with van der Waals surface area (Å²) in [5.74, 6) is 1.58. The van der Waals surface area contributed by atoms with E-state index in [0.717, 1.165) is 39.9 Å². The molecular weight excluding hydrogens is 881 g/mol. The summed E-state index contributed by atoms with van der Waals surface area (Å²) < 4.78 is 2.60. The van der Waals surface area contributed by atoms with E-state index in [1.807, 2.05) is 11.3 Å². The highest BCUT2D eigenvalue weighted by Gasteiger charge is 2.56. The second-order valence-corrected chi connectivity index (χ2v) is 20.3. The minimum absolute atomic E-state index is 0.275. The molecule has 0 radical (unpaired) electrons. The average Bonchev–Trinajstić information content (AvgIpc) is 4.04. The first-order valence-electron chi connectivity index (χ1n) is 24.7. The third kappa shape index (κ3) is 5.75. The van der Waals surface area contributed by atoms with E-state index in [0.29, 0.717) is 11.7 Å². The van der Waals surface area contributed by atoms with E-state index in [1.165, 1.54) is 87.3 Å². The van der Waals surface area contributed by atoms with Crippen LogP contribution in [0, 0.1) is 0 Å². The number of fused-ring (bicyclic) bond motifs is 15. The van der Waals surface area contributed by atoms with Crippen LogP contribution < -0.4 is 4.90 Å². The van der Waals surface area contributed by atoms with Gasteiger partial charge in [0.15, 0.2) is 11.7 Å². The van der Waals surface area contributed by atoms with Gasteiger partial charge in [0.25, 0.3) is 0 Å². The number of rotatable bonds is 5. The van der Waals surface area contributed by atoms with Gasteiger partial charge < -0.3 is 4.90 Å². The van der Waals surface area contributed by atoms with E-state index < -0.39 is 5.41 Å². The molecule has 0 saturated heterocycles. The number of anilines is 2. The molecule has 4 heterocycles. The van der Waals surface area contributed by atoms with Crippen molar-refractivity contribution in [1.29, 1.82) is 0 Å². The predicted molar refractivity (Wildman–Crippen MR) is 296 cm³/mol. The fourth-order valence-corrected chi connectivity index (χ4v) is 13.9. The van der Waals surface area contributed by atoms with Gasteiger partial charge in [0.2, 0.25) is 0 Å². The van der Waals surface area contributed by atoms with Crippen molar-refractivity contribution in [2.45, 2.75) is 30.7 Å². The predicted octanol–water partition coefficient (Wildman–Crippen LogP) is 16.3. The highest BCUT2D eigenvalue weighted by molar-refractivity contribution is 7.26. The van der Waals surface area contributed by atoms with E-state index in [-0.39, 0.29) is 12.0 Å². The van der Waals surface area contributed by atoms with E-state index in [4.69, 9.17) is 15.0 Å². The fraction of sp³-hybridized carbons (Fsp3) is 0.0758. The molecule has 3 aliphatic heterocycles. The summed E-state index contributed by atoms with van der Waals surface area (Å²) >= 11 is 1.86. The normalized spacial score (nSPS) is 19.2. The van der Waals surface area contributed by atoms with Gasteiger partial charge in [0, 0.05) is 54.2 Å². The molecule has 2 aliphatic carbocycles. The van der Waals surface area contributed by atoms with Crippen molar-refractivity contribution in [2.24, 2.45) is 15.0 Å². The molecule has 0 fully saturated rings. The van der Waals surface area contributed by atoms with Crippen molar-refractivity contribution in [2.75, 3.05) is 4.90 Å². The molecule has 5 heteroatoms. The minimum Gasteiger partial charge on any atom is -0.313 e. The van der Waals surface area contributed by atoms with E-state index >= 15 is 0 Å². The molecule has 15 rings (SSSR count). The van der Waals surface area contributed by atoms with Gasteiger partial charge in [-0.05, 0) is 92.8 Å². The first-order valence-corrected chi connectivity index (χ1v) is 25.5. The SMILES string of the molecule is C[C@@H]1N=C(c2ccc(-c3cccc4c3sc3ccccc34)cc2)N=C(c2ccccc2-c2ccccc2)N=C1c1cccc2c1-c1ccccc1C21C2=C3C(CC=C2)c2ccccc2N3c2ccccc21. The van der Waals surface area contributed by atoms with Crippen LogP contribution in [0.3, 0.4) is 0 Å². The van der Waals surface area contributed by atoms with Crippen LogP contribution >= 0.6 is 11.3 Å². The highest BCUT2D eigenvalue weighted by Crippen LogP contribution is 2.67. The number of benzene rings is 9. The van der Waals surface area contributed by atoms with Crippen molar-refractivity contribution in [3.05, 3.63) is 275 Å². The summed E-state index contributed by atoms with van der Waals surface area (Å²) in [6.45, 7) is 2.19. The Kier molecular flexibility index (Phi) is 8.81. The Morgan fingerprint density at radius 1 is 0.493 bits per heavy atom. The van der Waals surface area contributed by atoms with E-state index in [2.05, 4.69) is 236 Å². The lowest BCUT2D eigenvalue weighted by Crippen LogP contribution is -2.39. The van der Waals surface area contributed by atoms with Crippen molar-refractivity contribution in [3.63, 3.8) is 0 Å². The molecule has 334 valence electrons. The quantitative estimate of drug-likeness (QED) is 0.170. The van der Waals surface area contributed by atoms with Gasteiger partial charge in [-0.1, -0.05) is 206 Å². The zero-order valence-electron chi connectivity index (χ0n) is 38.9. The lowest BCUT2D eigenvalue weighted by molar-refractivity contribution is 0.686. The van der Waals surface area contributed by atoms with Crippen LogP contribution in [0.25, 0.3) is 53.6 Å². The van der Waals surface area contributed by atoms with Crippen LogP contribution in [0.1, 0.15) is 58.2 Å². The number of nitrogens with zero attached hydrogens (tertiary/aromatic N) is 4. The molecule has 4 nitrogen and oxygen atoms in total. The van der Waals surface area contributed by atoms with Crippen LogP contribution in [-0.4, -0.2) is 23.4 Å². The molecule has 3 atom stereocenters. The maximum atomic E-state index is 5.77. The number of hydrogen-bond acceptors (Lipinski definition) is 5. The number of allylic oxidation sites excluding steroid dienone is 4. The van der Waals surface area contributed by atoms with Crippen LogP contribution in [-0.2, 0) is 5.41 Å². The fourth-order valence-electron chi connectivity index (χ4n) is 12.7. The summed E-state index contributed by atoms with van der Waals surface area (Å²) in [4.78, 5) is 19.4. The number of thiophene rings is 1. The lowest BCUT2D eigenvalue weighted by atomic mass is 9.62. The molecule has 0 N–H and O–H groups in total. The summed E-state index contributed by atoms with van der Waals surface area (Å²) in [6.07, 6.45) is 5.84.